The molecule has 1 atom stereocenters. The van der Waals surface area contributed by atoms with E-state index >= 15 is 0 Å². The van der Waals surface area contributed by atoms with Crippen molar-refractivity contribution in [3.63, 3.8) is 0 Å². The van der Waals surface area contributed by atoms with E-state index in [0.717, 1.165) is 5.56 Å². The molecule has 1 aromatic rings. The average Bonchev–Trinajstić information content (AvgIpc) is 2.37. The predicted octanol–water partition coefficient (Wildman–Crippen LogP) is 2.26. The number of halogens is 1. The normalized spacial score (nSPS) is 12.3. The van der Waals surface area contributed by atoms with Crippen molar-refractivity contribution >= 4 is 5.91 Å². The van der Waals surface area contributed by atoms with Gasteiger partial charge in [0, 0.05) is 19.6 Å². The number of benzene rings is 1. The molecule has 3 nitrogen and oxygen atoms in total. The van der Waals surface area contributed by atoms with Crippen LogP contribution in [0.3, 0.4) is 0 Å². The summed E-state index contributed by atoms with van der Waals surface area (Å²) in [5, 5.41) is 3.10. The highest BCUT2D eigenvalue weighted by atomic mass is 19.1. The van der Waals surface area contributed by atoms with Gasteiger partial charge in [0.05, 0.1) is 6.54 Å². The molecule has 0 spiro atoms. The number of likely N-dealkylation sites (N-methyl/N-ethyl adjacent to an activating group) is 1. The zero-order valence-corrected chi connectivity index (χ0v) is 11.5. The first-order valence-corrected chi connectivity index (χ1v) is 6.19. The van der Waals surface area contributed by atoms with Gasteiger partial charge in [0.15, 0.2) is 0 Å². The summed E-state index contributed by atoms with van der Waals surface area (Å²) < 4.78 is 13.4. The summed E-state index contributed by atoms with van der Waals surface area (Å²) in [4.78, 5) is 13.3. The summed E-state index contributed by atoms with van der Waals surface area (Å²) in [6.07, 6.45) is 0. The van der Waals surface area contributed by atoms with Gasteiger partial charge in [-0.15, -0.1) is 0 Å². The molecule has 1 amide bonds. The second-order valence-corrected chi connectivity index (χ2v) is 4.52. The number of carbonyl (C=O) groups is 1. The molecule has 4 heteroatoms. The Kier molecular flexibility index (Phi) is 5.28. The standard InChI is InChI=1S/C14H21FN2O/c1-5-17(4)14(18)9-16-11(3)12-7-6-10(2)13(15)8-12/h6-8,11,16H,5,9H2,1-4H3. The first-order valence-electron chi connectivity index (χ1n) is 6.19. The third kappa shape index (κ3) is 3.81. The quantitative estimate of drug-likeness (QED) is 0.872. The van der Waals surface area contributed by atoms with Crippen molar-refractivity contribution in [2.45, 2.75) is 26.8 Å². The molecule has 1 rings (SSSR count). The molecular weight excluding hydrogens is 231 g/mol. The summed E-state index contributed by atoms with van der Waals surface area (Å²) in [6.45, 7) is 6.53. The third-order valence-electron chi connectivity index (χ3n) is 3.16. The van der Waals surface area contributed by atoms with E-state index in [0.29, 0.717) is 12.1 Å². The summed E-state index contributed by atoms with van der Waals surface area (Å²) in [6, 6.07) is 5.10. The van der Waals surface area contributed by atoms with Crippen molar-refractivity contribution in [2.24, 2.45) is 0 Å². The number of amides is 1. The highest BCUT2D eigenvalue weighted by molar-refractivity contribution is 5.77. The van der Waals surface area contributed by atoms with Crippen LogP contribution in [0.5, 0.6) is 0 Å². The molecule has 0 heterocycles. The van der Waals surface area contributed by atoms with Gasteiger partial charge >= 0.3 is 0 Å². The van der Waals surface area contributed by atoms with Crippen LogP contribution in [-0.4, -0.2) is 30.9 Å². The second kappa shape index (κ2) is 6.50. The summed E-state index contributed by atoms with van der Waals surface area (Å²) >= 11 is 0. The molecule has 1 unspecified atom stereocenters. The lowest BCUT2D eigenvalue weighted by molar-refractivity contribution is -0.128. The zero-order chi connectivity index (χ0) is 13.7. The summed E-state index contributed by atoms with van der Waals surface area (Å²) in [5.74, 6) is -0.171. The minimum Gasteiger partial charge on any atom is -0.345 e. The summed E-state index contributed by atoms with van der Waals surface area (Å²) in [7, 11) is 1.76. The SMILES string of the molecule is CCN(C)C(=O)CNC(C)c1ccc(C)c(F)c1. The lowest BCUT2D eigenvalue weighted by atomic mass is 10.1. The Labute approximate surface area is 108 Å². The molecule has 0 fully saturated rings. The lowest BCUT2D eigenvalue weighted by Gasteiger charge is -2.18. The average molecular weight is 252 g/mol. The molecule has 1 N–H and O–H groups in total. The van der Waals surface area contributed by atoms with Crippen LogP contribution in [-0.2, 0) is 4.79 Å². The maximum absolute atomic E-state index is 13.4. The van der Waals surface area contributed by atoms with Crippen molar-refractivity contribution in [1.82, 2.24) is 10.2 Å². The Morgan fingerprint density at radius 1 is 1.50 bits per heavy atom. The van der Waals surface area contributed by atoms with Gasteiger partial charge in [-0.1, -0.05) is 12.1 Å². The van der Waals surface area contributed by atoms with Gasteiger partial charge in [-0.2, -0.15) is 0 Å². The number of carbonyl (C=O) groups excluding carboxylic acids is 1. The van der Waals surface area contributed by atoms with Crippen LogP contribution in [0, 0.1) is 12.7 Å². The Bertz CT molecular complexity index is 420. The molecule has 0 aliphatic carbocycles. The first-order chi connectivity index (χ1) is 8.45. The fourth-order valence-corrected chi connectivity index (χ4v) is 1.55. The first kappa shape index (κ1) is 14.6. The number of hydrogen-bond acceptors (Lipinski definition) is 2. The van der Waals surface area contributed by atoms with E-state index in [1.54, 1.807) is 24.9 Å². The second-order valence-electron chi connectivity index (χ2n) is 4.52. The Morgan fingerprint density at radius 3 is 2.72 bits per heavy atom. The van der Waals surface area contributed by atoms with Crippen LogP contribution < -0.4 is 5.32 Å². The van der Waals surface area contributed by atoms with E-state index in [1.165, 1.54) is 6.07 Å². The molecule has 0 saturated heterocycles. The molecule has 0 aliphatic heterocycles. The van der Waals surface area contributed by atoms with Crippen molar-refractivity contribution in [3.05, 3.63) is 35.1 Å². The van der Waals surface area contributed by atoms with Crippen molar-refractivity contribution in [2.75, 3.05) is 20.1 Å². The van der Waals surface area contributed by atoms with Gasteiger partial charge in [-0.25, -0.2) is 4.39 Å². The van der Waals surface area contributed by atoms with Gasteiger partial charge in [-0.05, 0) is 38.0 Å². The van der Waals surface area contributed by atoms with Crippen LogP contribution >= 0.6 is 0 Å². The van der Waals surface area contributed by atoms with E-state index in [-0.39, 0.29) is 24.3 Å². The molecule has 18 heavy (non-hydrogen) atoms. The van der Waals surface area contributed by atoms with Crippen LogP contribution in [0.15, 0.2) is 18.2 Å². The molecule has 0 radical (unpaired) electrons. The maximum atomic E-state index is 13.4. The fourth-order valence-electron chi connectivity index (χ4n) is 1.55. The number of nitrogens with one attached hydrogen (secondary N) is 1. The summed E-state index contributed by atoms with van der Waals surface area (Å²) in [5.41, 5.74) is 1.48. The minimum atomic E-state index is -0.210. The van der Waals surface area contributed by atoms with Crippen molar-refractivity contribution in [1.29, 1.82) is 0 Å². The molecular formula is C14H21FN2O. The van der Waals surface area contributed by atoms with Crippen LogP contribution in [0.4, 0.5) is 4.39 Å². The highest BCUT2D eigenvalue weighted by Crippen LogP contribution is 2.15. The molecule has 0 bridgehead atoms. The van der Waals surface area contributed by atoms with Gasteiger partial charge in [-0.3, -0.25) is 4.79 Å². The number of aryl methyl sites for hydroxylation is 1. The van der Waals surface area contributed by atoms with Crippen molar-refractivity contribution in [3.8, 4) is 0 Å². The molecule has 1 aromatic carbocycles. The Balaban J connectivity index is 2.57. The topological polar surface area (TPSA) is 32.3 Å². The van der Waals surface area contributed by atoms with Crippen LogP contribution in [0.2, 0.25) is 0 Å². The van der Waals surface area contributed by atoms with E-state index in [1.807, 2.05) is 19.9 Å². The molecule has 0 saturated carbocycles. The number of nitrogens with zero attached hydrogens (tertiary/aromatic N) is 1. The van der Waals surface area contributed by atoms with E-state index in [4.69, 9.17) is 0 Å². The minimum absolute atomic E-state index is 0.0388. The predicted molar refractivity (Wildman–Crippen MR) is 70.9 cm³/mol. The van der Waals surface area contributed by atoms with Gasteiger partial charge in [0.25, 0.3) is 0 Å². The van der Waals surface area contributed by atoms with E-state index < -0.39 is 0 Å². The lowest BCUT2D eigenvalue weighted by Crippen LogP contribution is -2.36. The third-order valence-corrected chi connectivity index (χ3v) is 3.16. The molecule has 0 aromatic heterocycles. The zero-order valence-electron chi connectivity index (χ0n) is 11.5. The molecule has 0 aliphatic rings. The van der Waals surface area contributed by atoms with E-state index in [2.05, 4.69) is 5.32 Å². The number of hydrogen-bond donors (Lipinski definition) is 1. The van der Waals surface area contributed by atoms with Crippen LogP contribution in [0.1, 0.15) is 31.0 Å². The number of rotatable bonds is 5. The van der Waals surface area contributed by atoms with Gasteiger partial charge in [0.2, 0.25) is 5.91 Å². The van der Waals surface area contributed by atoms with Gasteiger partial charge in [0.1, 0.15) is 5.82 Å². The smallest absolute Gasteiger partial charge is 0.236 e. The monoisotopic (exact) mass is 252 g/mol. The van der Waals surface area contributed by atoms with Crippen molar-refractivity contribution < 1.29 is 9.18 Å². The van der Waals surface area contributed by atoms with E-state index in [9.17, 15) is 9.18 Å². The fraction of sp³-hybridized carbons (Fsp3) is 0.500. The maximum Gasteiger partial charge on any atom is 0.236 e. The van der Waals surface area contributed by atoms with Crippen LogP contribution in [0.25, 0.3) is 0 Å². The van der Waals surface area contributed by atoms with Gasteiger partial charge < -0.3 is 10.2 Å². The Hall–Kier alpha value is -1.42. The molecule has 100 valence electrons. The Morgan fingerprint density at radius 2 is 2.17 bits per heavy atom. The largest absolute Gasteiger partial charge is 0.345 e. The highest BCUT2D eigenvalue weighted by Gasteiger charge is 2.11.